The number of nitrogens with two attached hydrogens (primary N) is 1. The van der Waals surface area contributed by atoms with Gasteiger partial charge in [0.25, 0.3) is 0 Å². The van der Waals surface area contributed by atoms with E-state index >= 15 is 0 Å². The first-order valence-electron chi connectivity index (χ1n) is 3.78. The van der Waals surface area contributed by atoms with Crippen molar-refractivity contribution in [3.8, 4) is 0 Å². The van der Waals surface area contributed by atoms with Gasteiger partial charge in [-0.3, -0.25) is 4.98 Å². The van der Waals surface area contributed by atoms with E-state index in [1.54, 1.807) is 12.4 Å². The van der Waals surface area contributed by atoms with E-state index in [0.717, 1.165) is 16.9 Å². The molecule has 2 rings (SSSR count). The van der Waals surface area contributed by atoms with Crippen molar-refractivity contribution in [2.75, 3.05) is 0 Å². The van der Waals surface area contributed by atoms with Crippen molar-refractivity contribution in [1.82, 2.24) is 14.5 Å². The molecule has 2 aromatic rings. The van der Waals surface area contributed by atoms with Crippen LogP contribution in [0.2, 0.25) is 0 Å². The first kappa shape index (κ1) is 7.24. The molecule has 2 aromatic heterocycles. The number of hydrogen-bond acceptors (Lipinski definition) is 3. The van der Waals surface area contributed by atoms with Crippen molar-refractivity contribution >= 4 is 11.0 Å². The van der Waals surface area contributed by atoms with Gasteiger partial charge < -0.3 is 10.3 Å². The highest BCUT2D eigenvalue weighted by Gasteiger charge is 2.03. The average Bonchev–Trinajstić information content (AvgIpc) is 2.44. The predicted molar refractivity (Wildman–Crippen MR) is 46.4 cm³/mol. The van der Waals surface area contributed by atoms with Gasteiger partial charge in [-0.1, -0.05) is 0 Å². The molecule has 0 aliphatic heterocycles. The number of imidazole rings is 1. The second-order valence-corrected chi connectivity index (χ2v) is 2.66. The Morgan fingerprint density at radius 3 is 3.08 bits per heavy atom. The lowest BCUT2D eigenvalue weighted by Gasteiger charge is -1.96. The SMILES string of the molecule is Cn1c(CN)nc2cnccc21. The van der Waals surface area contributed by atoms with Gasteiger partial charge in [0.2, 0.25) is 0 Å². The average molecular weight is 162 g/mol. The third-order valence-corrected chi connectivity index (χ3v) is 1.96. The van der Waals surface area contributed by atoms with Gasteiger partial charge in [-0.15, -0.1) is 0 Å². The van der Waals surface area contributed by atoms with E-state index in [2.05, 4.69) is 9.97 Å². The lowest BCUT2D eigenvalue weighted by Crippen LogP contribution is -2.04. The molecule has 2 heterocycles. The first-order valence-corrected chi connectivity index (χ1v) is 3.78. The van der Waals surface area contributed by atoms with Crippen LogP contribution in [-0.4, -0.2) is 14.5 Å². The molecule has 0 atom stereocenters. The van der Waals surface area contributed by atoms with Gasteiger partial charge >= 0.3 is 0 Å². The van der Waals surface area contributed by atoms with Gasteiger partial charge in [0, 0.05) is 13.2 Å². The zero-order valence-electron chi connectivity index (χ0n) is 6.86. The summed E-state index contributed by atoms with van der Waals surface area (Å²) in [6, 6.07) is 1.93. The number of hydrogen-bond donors (Lipinski definition) is 1. The molecular formula is C8H10N4. The molecule has 0 spiro atoms. The van der Waals surface area contributed by atoms with Crippen LogP contribution in [0.3, 0.4) is 0 Å². The maximum atomic E-state index is 5.51. The van der Waals surface area contributed by atoms with Crippen LogP contribution < -0.4 is 5.73 Å². The normalized spacial score (nSPS) is 10.8. The Hall–Kier alpha value is -1.42. The number of pyridine rings is 1. The predicted octanol–water partition coefficient (Wildman–Crippen LogP) is 0.427. The number of aryl methyl sites for hydroxylation is 1. The fourth-order valence-corrected chi connectivity index (χ4v) is 1.28. The molecule has 0 unspecified atom stereocenters. The zero-order valence-corrected chi connectivity index (χ0v) is 6.86. The third-order valence-electron chi connectivity index (χ3n) is 1.96. The van der Waals surface area contributed by atoms with E-state index in [1.807, 2.05) is 17.7 Å². The second-order valence-electron chi connectivity index (χ2n) is 2.66. The fourth-order valence-electron chi connectivity index (χ4n) is 1.28. The Bertz CT molecular complexity index is 404. The van der Waals surface area contributed by atoms with E-state index in [9.17, 15) is 0 Å². The molecule has 4 heteroatoms. The molecule has 2 N–H and O–H groups in total. The minimum Gasteiger partial charge on any atom is -0.330 e. The maximum Gasteiger partial charge on any atom is 0.123 e. The minimum absolute atomic E-state index is 0.463. The topological polar surface area (TPSA) is 56.7 Å². The number of nitrogens with zero attached hydrogens (tertiary/aromatic N) is 3. The van der Waals surface area contributed by atoms with Crippen LogP contribution in [0.15, 0.2) is 18.5 Å². The Morgan fingerprint density at radius 1 is 1.58 bits per heavy atom. The van der Waals surface area contributed by atoms with E-state index in [1.165, 1.54) is 0 Å². The Labute approximate surface area is 70.0 Å². The standard InChI is InChI=1S/C8H10N4/c1-12-7-2-3-10-5-6(7)11-8(12)4-9/h2-3,5H,4,9H2,1H3. The number of aromatic nitrogens is 3. The van der Waals surface area contributed by atoms with Crippen molar-refractivity contribution in [3.05, 3.63) is 24.3 Å². The minimum atomic E-state index is 0.463. The molecule has 0 saturated heterocycles. The van der Waals surface area contributed by atoms with Crippen LogP contribution >= 0.6 is 0 Å². The Morgan fingerprint density at radius 2 is 2.42 bits per heavy atom. The molecule has 0 fully saturated rings. The number of rotatable bonds is 1. The van der Waals surface area contributed by atoms with Crippen LogP contribution in [0, 0.1) is 0 Å². The zero-order chi connectivity index (χ0) is 8.55. The van der Waals surface area contributed by atoms with Gasteiger partial charge in [-0.05, 0) is 6.07 Å². The fraction of sp³-hybridized carbons (Fsp3) is 0.250. The summed E-state index contributed by atoms with van der Waals surface area (Å²) in [6.07, 6.45) is 3.50. The lowest BCUT2D eigenvalue weighted by atomic mass is 10.4. The molecule has 0 aliphatic carbocycles. The molecule has 0 bridgehead atoms. The lowest BCUT2D eigenvalue weighted by molar-refractivity contribution is 0.813. The van der Waals surface area contributed by atoms with Crippen molar-refractivity contribution in [1.29, 1.82) is 0 Å². The molecule has 62 valence electrons. The van der Waals surface area contributed by atoms with E-state index in [0.29, 0.717) is 6.54 Å². The Balaban J connectivity index is 2.78. The Kier molecular flexibility index (Phi) is 1.55. The largest absolute Gasteiger partial charge is 0.330 e. The van der Waals surface area contributed by atoms with Gasteiger partial charge in [0.1, 0.15) is 11.3 Å². The molecule has 12 heavy (non-hydrogen) atoms. The van der Waals surface area contributed by atoms with Gasteiger partial charge in [-0.2, -0.15) is 0 Å². The highest BCUT2D eigenvalue weighted by atomic mass is 15.1. The quantitative estimate of drug-likeness (QED) is 0.661. The highest BCUT2D eigenvalue weighted by molar-refractivity contribution is 5.74. The van der Waals surface area contributed by atoms with E-state index in [-0.39, 0.29) is 0 Å². The summed E-state index contributed by atoms with van der Waals surface area (Å²) in [6.45, 7) is 0.463. The van der Waals surface area contributed by atoms with E-state index < -0.39 is 0 Å². The molecule has 0 aliphatic rings. The third kappa shape index (κ3) is 0.887. The molecule has 0 aromatic carbocycles. The first-order chi connectivity index (χ1) is 5.83. The summed E-state index contributed by atoms with van der Waals surface area (Å²) in [5.74, 6) is 0.887. The van der Waals surface area contributed by atoms with Crippen molar-refractivity contribution in [2.45, 2.75) is 6.54 Å². The highest BCUT2D eigenvalue weighted by Crippen LogP contribution is 2.11. The van der Waals surface area contributed by atoms with Crippen molar-refractivity contribution in [2.24, 2.45) is 12.8 Å². The smallest absolute Gasteiger partial charge is 0.123 e. The summed E-state index contributed by atoms with van der Waals surface area (Å²) in [7, 11) is 1.96. The van der Waals surface area contributed by atoms with Crippen LogP contribution in [0.1, 0.15) is 5.82 Å². The summed E-state index contributed by atoms with van der Waals surface area (Å²) < 4.78 is 1.98. The number of fused-ring (bicyclic) bond motifs is 1. The second kappa shape index (κ2) is 2.57. The van der Waals surface area contributed by atoms with Crippen LogP contribution in [0.4, 0.5) is 0 Å². The van der Waals surface area contributed by atoms with Gasteiger partial charge in [0.15, 0.2) is 0 Å². The van der Waals surface area contributed by atoms with Crippen LogP contribution in [0.5, 0.6) is 0 Å². The molecule has 4 nitrogen and oxygen atoms in total. The van der Waals surface area contributed by atoms with Gasteiger partial charge in [-0.25, -0.2) is 4.98 Å². The van der Waals surface area contributed by atoms with Crippen LogP contribution in [0.25, 0.3) is 11.0 Å². The van der Waals surface area contributed by atoms with Crippen LogP contribution in [-0.2, 0) is 13.6 Å². The maximum absolute atomic E-state index is 5.51. The molecular weight excluding hydrogens is 152 g/mol. The van der Waals surface area contributed by atoms with Crippen molar-refractivity contribution < 1.29 is 0 Å². The monoisotopic (exact) mass is 162 g/mol. The molecule has 0 amide bonds. The molecule has 0 saturated carbocycles. The summed E-state index contributed by atoms with van der Waals surface area (Å²) in [4.78, 5) is 8.29. The summed E-state index contributed by atoms with van der Waals surface area (Å²) >= 11 is 0. The summed E-state index contributed by atoms with van der Waals surface area (Å²) in [5, 5.41) is 0. The van der Waals surface area contributed by atoms with Crippen molar-refractivity contribution in [3.63, 3.8) is 0 Å². The van der Waals surface area contributed by atoms with Gasteiger partial charge in [0.05, 0.1) is 18.3 Å². The molecule has 0 radical (unpaired) electrons. The van der Waals surface area contributed by atoms with E-state index in [4.69, 9.17) is 5.73 Å². The summed E-state index contributed by atoms with van der Waals surface area (Å²) in [5.41, 5.74) is 7.49.